The maximum atomic E-state index is 13.3. The number of benzene rings is 2. The summed E-state index contributed by atoms with van der Waals surface area (Å²) >= 11 is 6.11. The van der Waals surface area contributed by atoms with Crippen molar-refractivity contribution in [3.8, 4) is 0 Å². The highest BCUT2D eigenvalue weighted by atomic mass is 35.5. The number of carbonyl (C=O) groups excluding carboxylic acids is 2. The van der Waals surface area contributed by atoms with Crippen molar-refractivity contribution in [3.05, 3.63) is 69.7 Å². The number of rotatable bonds is 4. The van der Waals surface area contributed by atoms with Crippen LogP contribution in [-0.4, -0.2) is 22.8 Å². The fourth-order valence-corrected chi connectivity index (χ4v) is 4.68. The van der Waals surface area contributed by atoms with Gasteiger partial charge >= 0.3 is 0 Å². The van der Waals surface area contributed by atoms with Gasteiger partial charge in [0.25, 0.3) is 0 Å². The van der Waals surface area contributed by atoms with E-state index < -0.39 is 6.04 Å². The van der Waals surface area contributed by atoms with Crippen LogP contribution < -0.4 is 5.32 Å². The van der Waals surface area contributed by atoms with Gasteiger partial charge in [-0.2, -0.15) is 0 Å². The summed E-state index contributed by atoms with van der Waals surface area (Å²) in [5.41, 5.74) is 4.62. The van der Waals surface area contributed by atoms with Crippen molar-refractivity contribution in [1.82, 2.24) is 10.2 Å². The van der Waals surface area contributed by atoms with E-state index in [1.165, 1.54) is 5.56 Å². The van der Waals surface area contributed by atoms with Gasteiger partial charge in [0, 0.05) is 24.4 Å². The third-order valence-electron chi connectivity index (χ3n) is 5.95. The fourth-order valence-electron chi connectivity index (χ4n) is 4.49. The van der Waals surface area contributed by atoms with E-state index in [4.69, 9.17) is 11.6 Å². The molecule has 4 rings (SSSR count). The van der Waals surface area contributed by atoms with Gasteiger partial charge in [0.1, 0.15) is 6.04 Å². The van der Waals surface area contributed by atoms with Crippen LogP contribution in [0.5, 0.6) is 0 Å². The molecule has 0 saturated heterocycles. The Bertz CT molecular complexity index is 940. The molecule has 0 saturated carbocycles. The van der Waals surface area contributed by atoms with E-state index >= 15 is 0 Å². The highest BCUT2D eigenvalue weighted by molar-refractivity contribution is 6.30. The quantitative estimate of drug-likeness (QED) is 0.809. The molecular formula is C24H27ClN2O2. The van der Waals surface area contributed by atoms with Gasteiger partial charge in [0.15, 0.2) is 0 Å². The molecule has 1 N–H and O–H groups in total. The van der Waals surface area contributed by atoms with Crippen molar-refractivity contribution in [1.29, 1.82) is 0 Å². The van der Waals surface area contributed by atoms with Crippen LogP contribution in [0.2, 0.25) is 5.02 Å². The third-order valence-corrected chi connectivity index (χ3v) is 6.19. The Hall–Kier alpha value is -2.33. The van der Waals surface area contributed by atoms with Gasteiger partial charge in [-0.25, -0.2) is 0 Å². The number of carbonyl (C=O) groups is 2. The van der Waals surface area contributed by atoms with Crippen LogP contribution in [0.3, 0.4) is 0 Å². The molecule has 4 nitrogen and oxygen atoms in total. The summed E-state index contributed by atoms with van der Waals surface area (Å²) in [6.07, 6.45) is 2.79. The first-order chi connectivity index (χ1) is 13.9. The molecule has 2 amide bonds. The van der Waals surface area contributed by atoms with E-state index in [0.717, 1.165) is 34.6 Å². The average molecular weight is 411 g/mol. The molecule has 2 aromatic rings. The minimum Gasteiger partial charge on any atom is -0.347 e. The summed E-state index contributed by atoms with van der Waals surface area (Å²) in [5, 5.41) is 3.94. The Morgan fingerprint density at radius 2 is 1.90 bits per heavy atom. The number of amides is 2. The van der Waals surface area contributed by atoms with Crippen LogP contribution in [0, 0.1) is 5.92 Å². The largest absolute Gasteiger partial charge is 0.347 e. The molecule has 1 heterocycles. The van der Waals surface area contributed by atoms with Crippen molar-refractivity contribution >= 4 is 23.4 Å². The highest BCUT2D eigenvalue weighted by Crippen LogP contribution is 2.33. The SMILES string of the molecule is CC(C)CC(=O)N1Cc2ccccc2CC1C(=O)NC1CCc2cc(Cl)ccc21. The lowest BCUT2D eigenvalue weighted by molar-refractivity contribution is -0.142. The molecule has 2 atom stereocenters. The van der Waals surface area contributed by atoms with Crippen LogP contribution in [0.4, 0.5) is 0 Å². The molecule has 0 spiro atoms. The maximum absolute atomic E-state index is 13.3. The van der Waals surface area contributed by atoms with E-state index in [2.05, 4.69) is 17.4 Å². The van der Waals surface area contributed by atoms with Crippen molar-refractivity contribution in [3.63, 3.8) is 0 Å². The average Bonchev–Trinajstić information content (AvgIpc) is 3.08. The number of fused-ring (bicyclic) bond motifs is 2. The van der Waals surface area contributed by atoms with Crippen LogP contribution in [0.15, 0.2) is 42.5 Å². The Balaban J connectivity index is 1.56. The molecule has 2 unspecified atom stereocenters. The standard InChI is InChI=1S/C24H27ClN2O2/c1-15(2)11-23(28)27-14-18-6-4-3-5-16(18)13-22(27)24(29)26-21-10-7-17-12-19(25)8-9-20(17)21/h3-6,8-9,12,15,21-22H,7,10-11,13-14H2,1-2H3,(H,26,29). The van der Waals surface area contributed by atoms with Crippen LogP contribution in [0.25, 0.3) is 0 Å². The van der Waals surface area contributed by atoms with Crippen molar-refractivity contribution < 1.29 is 9.59 Å². The van der Waals surface area contributed by atoms with Gasteiger partial charge in [0.05, 0.1) is 6.04 Å². The van der Waals surface area contributed by atoms with Gasteiger partial charge < -0.3 is 10.2 Å². The molecule has 0 aromatic heterocycles. The van der Waals surface area contributed by atoms with Crippen molar-refractivity contribution in [2.45, 2.75) is 58.2 Å². The zero-order chi connectivity index (χ0) is 20.5. The number of hydrogen-bond acceptors (Lipinski definition) is 2. The first-order valence-corrected chi connectivity index (χ1v) is 10.7. The monoisotopic (exact) mass is 410 g/mol. The summed E-state index contributed by atoms with van der Waals surface area (Å²) in [5.74, 6) is 0.243. The summed E-state index contributed by atoms with van der Waals surface area (Å²) in [7, 11) is 0. The normalized spacial score (nSPS) is 20.3. The molecule has 0 fully saturated rings. The van der Waals surface area contributed by atoms with E-state index in [-0.39, 0.29) is 23.8 Å². The fraction of sp³-hybridized carbons (Fsp3) is 0.417. The molecule has 2 aliphatic rings. The first kappa shape index (κ1) is 20.0. The first-order valence-electron chi connectivity index (χ1n) is 10.4. The van der Waals surface area contributed by atoms with Crippen molar-refractivity contribution in [2.24, 2.45) is 5.92 Å². The predicted molar refractivity (Wildman–Crippen MR) is 115 cm³/mol. The lowest BCUT2D eigenvalue weighted by atomic mass is 9.92. The zero-order valence-corrected chi connectivity index (χ0v) is 17.7. The molecule has 152 valence electrons. The number of nitrogens with one attached hydrogen (secondary N) is 1. The number of nitrogens with zero attached hydrogens (tertiary/aromatic N) is 1. The van der Waals surface area contributed by atoms with Gasteiger partial charge in [-0.05, 0) is 53.1 Å². The smallest absolute Gasteiger partial charge is 0.243 e. The second-order valence-electron chi connectivity index (χ2n) is 8.55. The third kappa shape index (κ3) is 4.18. The van der Waals surface area contributed by atoms with Crippen LogP contribution in [-0.2, 0) is 29.0 Å². The van der Waals surface area contributed by atoms with Gasteiger partial charge in [-0.1, -0.05) is 55.8 Å². The number of aryl methyl sites for hydroxylation is 1. The molecule has 1 aliphatic carbocycles. The molecule has 2 aromatic carbocycles. The Kier molecular flexibility index (Phi) is 5.64. The highest BCUT2D eigenvalue weighted by Gasteiger charge is 2.36. The minimum atomic E-state index is -0.465. The lowest BCUT2D eigenvalue weighted by Gasteiger charge is -2.37. The molecule has 29 heavy (non-hydrogen) atoms. The van der Waals surface area contributed by atoms with Crippen LogP contribution >= 0.6 is 11.6 Å². The van der Waals surface area contributed by atoms with Crippen LogP contribution in [0.1, 0.15) is 55.0 Å². The zero-order valence-electron chi connectivity index (χ0n) is 17.0. The van der Waals surface area contributed by atoms with E-state index in [0.29, 0.717) is 19.4 Å². The summed E-state index contributed by atoms with van der Waals surface area (Å²) in [6.45, 7) is 4.56. The van der Waals surface area contributed by atoms with Gasteiger partial charge in [0.2, 0.25) is 11.8 Å². The predicted octanol–water partition coefficient (Wildman–Crippen LogP) is 4.44. The van der Waals surface area contributed by atoms with E-state index in [1.807, 2.05) is 44.2 Å². The van der Waals surface area contributed by atoms with E-state index in [1.54, 1.807) is 4.90 Å². The summed E-state index contributed by atoms with van der Waals surface area (Å²) in [4.78, 5) is 28.0. The molecule has 1 aliphatic heterocycles. The Morgan fingerprint density at radius 3 is 2.66 bits per heavy atom. The minimum absolute atomic E-state index is 0.0195. The second-order valence-corrected chi connectivity index (χ2v) is 8.99. The summed E-state index contributed by atoms with van der Waals surface area (Å²) < 4.78 is 0. The second kappa shape index (κ2) is 8.19. The van der Waals surface area contributed by atoms with Crippen molar-refractivity contribution in [2.75, 3.05) is 0 Å². The van der Waals surface area contributed by atoms with E-state index in [9.17, 15) is 9.59 Å². The Morgan fingerprint density at radius 1 is 1.14 bits per heavy atom. The number of halogens is 1. The maximum Gasteiger partial charge on any atom is 0.243 e. The molecule has 0 bridgehead atoms. The Labute approximate surface area is 177 Å². The lowest BCUT2D eigenvalue weighted by Crippen LogP contribution is -2.53. The molecule has 0 radical (unpaired) electrons. The molecule has 5 heteroatoms. The summed E-state index contributed by atoms with van der Waals surface area (Å²) in [6, 6.07) is 13.5. The van der Waals surface area contributed by atoms with Gasteiger partial charge in [-0.3, -0.25) is 9.59 Å². The molecular weight excluding hydrogens is 384 g/mol. The topological polar surface area (TPSA) is 49.4 Å². The van der Waals surface area contributed by atoms with Gasteiger partial charge in [-0.15, -0.1) is 0 Å². The number of hydrogen-bond donors (Lipinski definition) is 1.